The summed E-state index contributed by atoms with van der Waals surface area (Å²) in [5.41, 5.74) is 0.423. The van der Waals surface area contributed by atoms with Crippen molar-refractivity contribution in [1.29, 1.82) is 5.26 Å². The summed E-state index contributed by atoms with van der Waals surface area (Å²) < 4.78 is 31.7. The molecule has 124 valence electrons. The Morgan fingerprint density at radius 1 is 1.29 bits per heavy atom. The first-order chi connectivity index (χ1) is 11.5. The summed E-state index contributed by atoms with van der Waals surface area (Å²) in [7, 11) is -3.53. The van der Waals surface area contributed by atoms with Crippen molar-refractivity contribution < 1.29 is 13.2 Å². The molecule has 2 heterocycles. The molecular formula is C15H13ClN4O3S. The van der Waals surface area contributed by atoms with Gasteiger partial charge in [0.2, 0.25) is 15.9 Å². The summed E-state index contributed by atoms with van der Waals surface area (Å²) in [5.74, 6) is 0.398. The lowest BCUT2D eigenvalue weighted by Crippen LogP contribution is -2.51. The summed E-state index contributed by atoms with van der Waals surface area (Å²) in [5, 5.41) is 9.00. The molecule has 1 aliphatic heterocycles. The fraction of sp³-hybridized carbons (Fsp3) is 0.267. The Morgan fingerprint density at radius 3 is 2.62 bits per heavy atom. The SMILES string of the molecule is N#Cc1ccc(S(=O)(=O)N2CC(COc3cncc(Cl)n3)C2)cc1. The average Bonchev–Trinajstić information content (AvgIpc) is 2.53. The highest BCUT2D eigenvalue weighted by Crippen LogP contribution is 2.25. The third-order valence-corrected chi connectivity index (χ3v) is 5.62. The zero-order chi connectivity index (χ0) is 17.2. The van der Waals surface area contributed by atoms with Gasteiger partial charge in [0, 0.05) is 19.0 Å². The molecular weight excluding hydrogens is 352 g/mol. The molecule has 3 rings (SSSR count). The van der Waals surface area contributed by atoms with Crippen molar-refractivity contribution in [3.05, 3.63) is 47.4 Å². The molecule has 0 bridgehead atoms. The van der Waals surface area contributed by atoms with Crippen LogP contribution >= 0.6 is 11.6 Å². The van der Waals surface area contributed by atoms with E-state index < -0.39 is 10.0 Å². The Labute approximate surface area is 144 Å². The largest absolute Gasteiger partial charge is 0.476 e. The first-order valence-electron chi connectivity index (χ1n) is 7.09. The molecule has 1 aromatic carbocycles. The standard InChI is InChI=1S/C15H13ClN4O3S/c16-14-6-18-7-15(19-14)23-10-12-8-20(9-12)24(21,22)13-3-1-11(5-17)2-4-13/h1-4,6-7,12H,8-10H2. The van der Waals surface area contributed by atoms with Crippen molar-refractivity contribution in [2.75, 3.05) is 19.7 Å². The molecule has 9 heteroatoms. The predicted octanol–water partition coefficient (Wildman–Crippen LogP) is 1.70. The fourth-order valence-electron chi connectivity index (χ4n) is 2.27. The van der Waals surface area contributed by atoms with Gasteiger partial charge in [0.25, 0.3) is 0 Å². The quantitative estimate of drug-likeness (QED) is 0.801. The Bertz CT molecular complexity index is 874. The van der Waals surface area contributed by atoms with Gasteiger partial charge in [-0.2, -0.15) is 14.6 Å². The Kier molecular flexibility index (Phi) is 4.66. The van der Waals surface area contributed by atoms with Gasteiger partial charge >= 0.3 is 0 Å². The van der Waals surface area contributed by atoms with Crippen LogP contribution in [0.5, 0.6) is 5.88 Å². The zero-order valence-corrected chi connectivity index (χ0v) is 14.0. The van der Waals surface area contributed by atoms with Gasteiger partial charge in [-0.3, -0.25) is 4.98 Å². The van der Waals surface area contributed by atoms with E-state index in [0.717, 1.165) is 0 Å². The molecule has 1 fully saturated rings. The van der Waals surface area contributed by atoms with Crippen molar-refractivity contribution in [1.82, 2.24) is 14.3 Å². The van der Waals surface area contributed by atoms with Crippen LogP contribution < -0.4 is 4.74 Å². The number of hydrogen-bond acceptors (Lipinski definition) is 6. The van der Waals surface area contributed by atoms with Gasteiger partial charge in [0.05, 0.1) is 35.5 Å². The van der Waals surface area contributed by atoms with Gasteiger partial charge in [-0.15, -0.1) is 0 Å². The fourth-order valence-corrected chi connectivity index (χ4v) is 4.00. The Balaban J connectivity index is 1.56. The van der Waals surface area contributed by atoms with Gasteiger partial charge in [-0.1, -0.05) is 11.6 Å². The minimum Gasteiger partial charge on any atom is -0.476 e. The Morgan fingerprint density at radius 2 is 2.00 bits per heavy atom. The molecule has 0 aliphatic carbocycles. The molecule has 2 aromatic rings. The van der Waals surface area contributed by atoms with Crippen molar-refractivity contribution in [3.8, 4) is 11.9 Å². The second kappa shape index (κ2) is 6.73. The molecule has 0 spiro atoms. The number of benzene rings is 1. The first kappa shape index (κ1) is 16.6. The van der Waals surface area contributed by atoms with Crippen LogP contribution in [0.15, 0.2) is 41.6 Å². The van der Waals surface area contributed by atoms with Crippen LogP contribution in [0.25, 0.3) is 0 Å². The number of rotatable bonds is 5. The maximum atomic E-state index is 12.4. The van der Waals surface area contributed by atoms with Crippen LogP contribution in [0.4, 0.5) is 0 Å². The first-order valence-corrected chi connectivity index (χ1v) is 8.91. The topological polar surface area (TPSA) is 96.2 Å². The van der Waals surface area contributed by atoms with Crippen LogP contribution in [-0.4, -0.2) is 42.4 Å². The smallest absolute Gasteiger partial charge is 0.243 e. The molecule has 24 heavy (non-hydrogen) atoms. The van der Waals surface area contributed by atoms with Crippen LogP contribution in [0.3, 0.4) is 0 Å². The second-order valence-corrected chi connectivity index (χ2v) is 7.64. The molecule has 0 unspecified atom stereocenters. The van der Waals surface area contributed by atoms with Crippen molar-refractivity contribution >= 4 is 21.6 Å². The third kappa shape index (κ3) is 3.48. The van der Waals surface area contributed by atoms with E-state index in [2.05, 4.69) is 9.97 Å². The van der Waals surface area contributed by atoms with Gasteiger partial charge in [-0.05, 0) is 24.3 Å². The molecule has 1 aromatic heterocycles. The summed E-state index contributed by atoms with van der Waals surface area (Å²) in [6.07, 6.45) is 2.86. The van der Waals surface area contributed by atoms with E-state index in [-0.39, 0.29) is 16.0 Å². The number of sulfonamides is 1. The zero-order valence-electron chi connectivity index (χ0n) is 12.5. The van der Waals surface area contributed by atoms with Gasteiger partial charge in [0.15, 0.2) is 5.15 Å². The molecule has 0 radical (unpaired) electrons. The highest BCUT2D eigenvalue weighted by Gasteiger charge is 2.37. The van der Waals surface area contributed by atoms with Crippen molar-refractivity contribution in [2.45, 2.75) is 4.90 Å². The van der Waals surface area contributed by atoms with Crippen LogP contribution in [0, 0.1) is 17.2 Å². The summed E-state index contributed by atoms with van der Waals surface area (Å²) in [6.45, 7) is 1.08. The molecule has 1 saturated heterocycles. The Hall–Kier alpha value is -2.21. The van der Waals surface area contributed by atoms with E-state index in [9.17, 15) is 8.42 Å². The van der Waals surface area contributed by atoms with E-state index in [1.54, 1.807) is 0 Å². The third-order valence-electron chi connectivity index (χ3n) is 3.59. The molecule has 0 atom stereocenters. The second-order valence-electron chi connectivity index (χ2n) is 5.32. The van der Waals surface area contributed by atoms with Crippen LogP contribution in [0.1, 0.15) is 5.56 Å². The minimum absolute atomic E-state index is 0.0824. The molecule has 0 saturated carbocycles. The highest BCUT2D eigenvalue weighted by atomic mass is 35.5. The van der Waals surface area contributed by atoms with Crippen molar-refractivity contribution in [2.24, 2.45) is 5.92 Å². The van der Waals surface area contributed by atoms with Gasteiger partial charge in [0.1, 0.15) is 0 Å². The van der Waals surface area contributed by atoms with Crippen molar-refractivity contribution in [3.63, 3.8) is 0 Å². The number of hydrogen-bond donors (Lipinski definition) is 0. The minimum atomic E-state index is -3.53. The summed E-state index contributed by atoms with van der Waals surface area (Å²) in [4.78, 5) is 8.01. The lowest BCUT2D eigenvalue weighted by Gasteiger charge is -2.37. The van der Waals surface area contributed by atoms with E-state index in [0.29, 0.717) is 31.1 Å². The lowest BCUT2D eigenvalue weighted by atomic mass is 10.1. The summed E-state index contributed by atoms with van der Waals surface area (Å²) >= 11 is 5.72. The number of ether oxygens (including phenoxy) is 1. The molecule has 1 aliphatic rings. The number of nitrogens with zero attached hydrogens (tertiary/aromatic N) is 4. The molecule has 7 nitrogen and oxygen atoms in total. The average molecular weight is 365 g/mol. The van der Waals surface area contributed by atoms with E-state index in [1.807, 2.05) is 6.07 Å². The monoisotopic (exact) mass is 364 g/mol. The predicted molar refractivity (Wildman–Crippen MR) is 85.9 cm³/mol. The van der Waals surface area contributed by atoms with E-state index in [4.69, 9.17) is 21.6 Å². The lowest BCUT2D eigenvalue weighted by molar-refractivity contribution is 0.126. The van der Waals surface area contributed by atoms with Gasteiger partial charge in [-0.25, -0.2) is 8.42 Å². The van der Waals surface area contributed by atoms with Gasteiger partial charge < -0.3 is 4.74 Å². The van der Waals surface area contributed by atoms with E-state index >= 15 is 0 Å². The number of nitriles is 1. The number of aromatic nitrogens is 2. The van der Waals surface area contributed by atoms with Crippen LogP contribution in [-0.2, 0) is 10.0 Å². The maximum Gasteiger partial charge on any atom is 0.243 e. The number of halogens is 1. The normalized spacial score (nSPS) is 15.5. The molecule has 0 amide bonds. The highest BCUT2D eigenvalue weighted by molar-refractivity contribution is 7.89. The maximum absolute atomic E-state index is 12.4. The molecule has 0 N–H and O–H groups in total. The van der Waals surface area contributed by atoms with Crippen LogP contribution in [0.2, 0.25) is 5.15 Å². The summed E-state index contributed by atoms with van der Waals surface area (Å²) in [6, 6.07) is 7.83. The van der Waals surface area contributed by atoms with E-state index in [1.165, 1.54) is 41.0 Å².